The van der Waals surface area contributed by atoms with Crippen LogP contribution in [0, 0.1) is 16.0 Å². The Balaban J connectivity index is 2.01. The fourth-order valence-corrected chi connectivity index (χ4v) is 2.77. The van der Waals surface area contributed by atoms with E-state index >= 15 is 0 Å². The van der Waals surface area contributed by atoms with Crippen LogP contribution in [0.3, 0.4) is 0 Å². The first-order chi connectivity index (χ1) is 8.65. The largest absolute Gasteiger partial charge is 0.508 e. The minimum absolute atomic E-state index is 0.0208. The lowest BCUT2D eigenvalue weighted by Gasteiger charge is -2.32. The molecule has 18 heavy (non-hydrogen) atoms. The minimum atomic E-state index is -0.427. The van der Waals surface area contributed by atoms with Crippen molar-refractivity contribution in [3.63, 3.8) is 0 Å². The molecule has 0 amide bonds. The monoisotopic (exact) mass is 251 g/mol. The molecule has 3 atom stereocenters. The van der Waals surface area contributed by atoms with E-state index in [0.717, 1.165) is 12.0 Å². The molecule has 0 aromatic heterocycles. The maximum absolute atomic E-state index is 10.8. The molecule has 0 unspecified atom stereocenters. The van der Waals surface area contributed by atoms with Gasteiger partial charge in [0.15, 0.2) is 0 Å². The zero-order chi connectivity index (χ0) is 12.7. The molecule has 1 aromatic carbocycles. The summed E-state index contributed by atoms with van der Waals surface area (Å²) in [5.41, 5.74) is 0.788. The molecule has 96 valence electrons. The molecule has 6 heteroatoms. The summed E-state index contributed by atoms with van der Waals surface area (Å²) in [7, 11) is 0. The number of hydrogen-bond donors (Lipinski definition) is 1. The van der Waals surface area contributed by atoms with Crippen LogP contribution in [0.25, 0.3) is 0 Å². The smallest absolute Gasteiger partial charge is 0.211 e. The Hall–Kier alpha value is -1.82. The van der Waals surface area contributed by atoms with E-state index in [1.165, 1.54) is 12.1 Å². The van der Waals surface area contributed by atoms with Gasteiger partial charge in [-0.25, -0.2) is 0 Å². The lowest BCUT2D eigenvalue weighted by atomic mass is 9.82. The summed E-state index contributed by atoms with van der Waals surface area (Å²) in [6, 6.07) is 4.72. The van der Waals surface area contributed by atoms with Crippen LogP contribution in [0.2, 0.25) is 0 Å². The van der Waals surface area contributed by atoms with E-state index in [1.807, 2.05) is 0 Å². The third-order valence-electron chi connectivity index (χ3n) is 3.59. The van der Waals surface area contributed by atoms with Crippen LogP contribution in [-0.4, -0.2) is 29.5 Å². The Morgan fingerprint density at radius 2 is 2.33 bits per heavy atom. The number of aromatic hydroxyl groups is 1. The van der Waals surface area contributed by atoms with Gasteiger partial charge in [0.1, 0.15) is 11.5 Å². The Morgan fingerprint density at radius 3 is 3.11 bits per heavy atom. The zero-order valence-electron chi connectivity index (χ0n) is 9.61. The van der Waals surface area contributed by atoms with Crippen molar-refractivity contribution >= 4 is 0 Å². The fourth-order valence-electron chi connectivity index (χ4n) is 2.77. The molecule has 0 spiro atoms. The first-order valence-electron chi connectivity index (χ1n) is 5.88. The highest BCUT2D eigenvalue weighted by Gasteiger charge is 2.44. The van der Waals surface area contributed by atoms with Gasteiger partial charge in [0.2, 0.25) is 12.8 Å². The summed E-state index contributed by atoms with van der Waals surface area (Å²) < 4.78 is 11.1. The second-order valence-electron chi connectivity index (χ2n) is 4.65. The maximum atomic E-state index is 10.8. The van der Waals surface area contributed by atoms with E-state index in [4.69, 9.17) is 9.47 Å². The van der Waals surface area contributed by atoms with Crippen LogP contribution < -0.4 is 4.74 Å². The summed E-state index contributed by atoms with van der Waals surface area (Å²) in [4.78, 5) is 10.5. The van der Waals surface area contributed by atoms with Gasteiger partial charge in [-0.1, -0.05) is 6.07 Å². The Labute approximate surface area is 103 Å². The molecule has 2 aliphatic heterocycles. The summed E-state index contributed by atoms with van der Waals surface area (Å²) in [6.07, 6.45) is 0.341. The van der Waals surface area contributed by atoms with Crippen molar-refractivity contribution in [3.05, 3.63) is 33.9 Å². The highest BCUT2D eigenvalue weighted by Crippen LogP contribution is 2.45. The van der Waals surface area contributed by atoms with Gasteiger partial charge in [-0.05, 0) is 12.5 Å². The average molecular weight is 251 g/mol. The first-order valence-corrected chi connectivity index (χ1v) is 5.88. The van der Waals surface area contributed by atoms with Crippen LogP contribution in [0.15, 0.2) is 18.2 Å². The number of nitrogens with zero attached hydrogens (tertiary/aromatic N) is 1. The topological polar surface area (TPSA) is 81.8 Å². The molecule has 0 radical (unpaired) electrons. The Bertz CT molecular complexity index is 489. The number of ether oxygens (including phenoxy) is 2. The van der Waals surface area contributed by atoms with E-state index < -0.39 is 6.29 Å². The SMILES string of the molecule is O=[N+]([O-])C[C@H]1c2ccc(O)cc2O[C@H]2OCC[C@H]21. The molecule has 0 bridgehead atoms. The van der Waals surface area contributed by atoms with E-state index in [2.05, 4.69) is 0 Å². The van der Waals surface area contributed by atoms with Gasteiger partial charge in [-0.3, -0.25) is 10.1 Å². The van der Waals surface area contributed by atoms with Crippen LogP contribution >= 0.6 is 0 Å². The number of benzene rings is 1. The quantitative estimate of drug-likeness (QED) is 0.636. The number of rotatable bonds is 2. The molecule has 2 aliphatic rings. The van der Waals surface area contributed by atoms with Crippen molar-refractivity contribution < 1.29 is 19.5 Å². The molecule has 1 saturated heterocycles. The van der Waals surface area contributed by atoms with Crippen LogP contribution in [0.5, 0.6) is 11.5 Å². The molecule has 1 aromatic rings. The predicted molar refractivity (Wildman–Crippen MR) is 61.2 cm³/mol. The van der Waals surface area contributed by atoms with Crippen LogP contribution in [-0.2, 0) is 4.74 Å². The summed E-state index contributed by atoms with van der Waals surface area (Å²) in [6.45, 7) is 0.426. The number of nitro groups is 1. The highest BCUT2D eigenvalue weighted by molar-refractivity contribution is 5.44. The second-order valence-corrected chi connectivity index (χ2v) is 4.65. The third kappa shape index (κ3) is 1.78. The normalized spacial score (nSPS) is 29.2. The summed E-state index contributed by atoms with van der Waals surface area (Å²) in [5.74, 6) is 0.388. The fraction of sp³-hybridized carbons (Fsp3) is 0.500. The van der Waals surface area contributed by atoms with Crippen molar-refractivity contribution in [1.82, 2.24) is 0 Å². The van der Waals surface area contributed by atoms with Crippen molar-refractivity contribution in [3.8, 4) is 11.5 Å². The minimum Gasteiger partial charge on any atom is -0.508 e. The third-order valence-corrected chi connectivity index (χ3v) is 3.59. The lowest BCUT2D eigenvalue weighted by Crippen LogP contribution is -2.35. The van der Waals surface area contributed by atoms with Crippen molar-refractivity contribution in [2.45, 2.75) is 18.6 Å². The summed E-state index contributed by atoms with van der Waals surface area (Å²) in [5, 5.41) is 20.2. The molecule has 1 fully saturated rings. The molecule has 3 rings (SSSR count). The van der Waals surface area contributed by atoms with E-state index in [9.17, 15) is 15.2 Å². The van der Waals surface area contributed by atoms with Gasteiger partial charge in [0.25, 0.3) is 0 Å². The lowest BCUT2D eigenvalue weighted by molar-refractivity contribution is -0.485. The highest BCUT2D eigenvalue weighted by atomic mass is 16.7. The zero-order valence-corrected chi connectivity index (χ0v) is 9.61. The maximum Gasteiger partial charge on any atom is 0.211 e. The van der Waals surface area contributed by atoms with Gasteiger partial charge in [-0.15, -0.1) is 0 Å². The summed E-state index contributed by atoms with van der Waals surface area (Å²) >= 11 is 0. The van der Waals surface area contributed by atoms with E-state index in [1.54, 1.807) is 6.07 Å². The van der Waals surface area contributed by atoms with Crippen LogP contribution in [0.4, 0.5) is 0 Å². The van der Waals surface area contributed by atoms with E-state index in [0.29, 0.717) is 12.4 Å². The average Bonchev–Trinajstić information content (AvgIpc) is 2.75. The molecular weight excluding hydrogens is 238 g/mol. The number of hydrogen-bond acceptors (Lipinski definition) is 5. The second kappa shape index (κ2) is 4.13. The Morgan fingerprint density at radius 1 is 1.50 bits per heavy atom. The van der Waals surface area contributed by atoms with Gasteiger partial charge in [-0.2, -0.15) is 0 Å². The Kier molecular flexibility index (Phi) is 2.59. The van der Waals surface area contributed by atoms with Gasteiger partial charge in [0, 0.05) is 22.5 Å². The standard InChI is InChI=1S/C12H13NO5/c14-7-1-2-8-10(6-13(15)16)9-3-4-17-12(9)18-11(8)5-7/h1-2,5,9-10,12,14H,3-4,6H2/t9-,10-,12+/m0/s1. The number of fused-ring (bicyclic) bond motifs is 2. The van der Waals surface area contributed by atoms with Crippen molar-refractivity contribution in [2.24, 2.45) is 5.92 Å². The molecular formula is C12H13NO5. The predicted octanol–water partition coefficient (Wildman–Crippen LogP) is 1.51. The molecule has 1 N–H and O–H groups in total. The number of phenols is 1. The molecule has 0 saturated carbocycles. The van der Waals surface area contributed by atoms with Gasteiger partial charge in [0.05, 0.1) is 12.5 Å². The molecule has 6 nitrogen and oxygen atoms in total. The molecule has 0 aliphatic carbocycles. The van der Waals surface area contributed by atoms with Gasteiger partial charge >= 0.3 is 0 Å². The van der Waals surface area contributed by atoms with Gasteiger partial charge < -0.3 is 14.6 Å². The van der Waals surface area contributed by atoms with E-state index in [-0.39, 0.29) is 29.1 Å². The number of phenolic OH excluding ortho intramolecular Hbond substituents is 1. The van der Waals surface area contributed by atoms with Crippen LogP contribution in [0.1, 0.15) is 17.9 Å². The molecule has 2 heterocycles. The van der Waals surface area contributed by atoms with Crippen molar-refractivity contribution in [2.75, 3.05) is 13.2 Å². The first kappa shape index (κ1) is 11.3. The van der Waals surface area contributed by atoms with Crippen molar-refractivity contribution in [1.29, 1.82) is 0 Å².